The Morgan fingerprint density at radius 3 is 2.54 bits per heavy atom. The predicted octanol–water partition coefficient (Wildman–Crippen LogP) is 5.28. The summed E-state index contributed by atoms with van der Waals surface area (Å²) in [5.74, 6) is 1.37. The van der Waals surface area contributed by atoms with Crippen molar-refractivity contribution in [2.45, 2.75) is 20.5 Å². The highest BCUT2D eigenvalue weighted by Crippen LogP contribution is 2.20. The van der Waals surface area contributed by atoms with Gasteiger partial charge >= 0.3 is 0 Å². The van der Waals surface area contributed by atoms with Gasteiger partial charge in [0, 0.05) is 6.07 Å². The lowest BCUT2D eigenvalue weighted by atomic mass is 10.1. The molecule has 28 heavy (non-hydrogen) atoms. The van der Waals surface area contributed by atoms with Gasteiger partial charge in [0.05, 0.1) is 10.5 Å². The minimum atomic E-state index is -0.573. The van der Waals surface area contributed by atoms with Gasteiger partial charge in [0.15, 0.2) is 5.78 Å². The molecule has 6 nitrogen and oxygen atoms in total. The van der Waals surface area contributed by atoms with E-state index >= 15 is 0 Å². The number of ketones is 1. The van der Waals surface area contributed by atoms with Gasteiger partial charge in [0.25, 0.3) is 5.69 Å². The number of rotatable bonds is 7. The van der Waals surface area contributed by atoms with Gasteiger partial charge in [0.2, 0.25) is 0 Å². The van der Waals surface area contributed by atoms with Gasteiger partial charge in [-0.3, -0.25) is 14.9 Å². The molecule has 0 unspecified atom stereocenters. The number of hydrogen-bond acceptors (Lipinski definition) is 5. The standard InChI is InChI=1S/C22H19NO5/c1-15-11-16(2)13-19(12-15)27-14-18-8-7-17(28-18)9-10-22(24)20-5-3-4-6-21(20)23(25)26/h3-13H,14H2,1-2H3/b10-9+. The van der Waals surface area contributed by atoms with Gasteiger partial charge in [-0.05, 0) is 67.5 Å². The molecule has 6 heteroatoms. The number of ether oxygens (including phenoxy) is 1. The molecule has 3 rings (SSSR count). The van der Waals surface area contributed by atoms with E-state index in [2.05, 4.69) is 6.07 Å². The lowest BCUT2D eigenvalue weighted by molar-refractivity contribution is -0.385. The van der Waals surface area contributed by atoms with Crippen LogP contribution in [0, 0.1) is 24.0 Å². The van der Waals surface area contributed by atoms with E-state index in [9.17, 15) is 14.9 Å². The molecule has 1 aromatic heterocycles. The summed E-state index contributed by atoms with van der Waals surface area (Å²) >= 11 is 0. The zero-order valence-corrected chi connectivity index (χ0v) is 15.5. The summed E-state index contributed by atoms with van der Waals surface area (Å²) in [6, 6.07) is 15.3. The Morgan fingerprint density at radius 1 is 1.11 bits per heavy atom. The summed E-state index contributed by atoms with van der Waals surface area (Å²) in [6.45, 7) is 4.27. The quantitative estimate of drug-likeness (QED) is 0.242. The molecular weight excluding hydrogens is 358 g/mol. The molecule has 2 aromatic carbocycles. The lowest BCUT2D eigenvalue weighted by Gasteiger charge is -2.06. The number of hydrogen-bond donors (Lipinski definition) is 0. The molecule has 0 amide bonds. The Kier molecular flexibility index (Phi) is 5.69. The van der Waals surface area contributed by atoms with Crippen LogP contribution in [0.25, 0.3) is 6.08 Å². The van der Waals surface area contributed by atoms with E-state index in [4.69, 9.17) is 9.15 Å². The zero-order valence-electron chi connectivity index (χ0n) is 15.5. The Balaban J connectivity index is 1.66. The molecule has 0 radical (unpaired) electrons. The minimum absolute atomic E-state index is 0.0358. The number of nitro benzene ring substituents is 1. The van der Waals surface area contributed by atoms with Crippen molar-refractivity contribution in [1.82, 2.24) is 0 Å². The third-order valence-electron chi connectivity index (χ3n) is 4.02. The first-order valence-electron chi connectivity index (χ1n) is 8.68. The molecule has 3 aromatic rings. The minimum Gasteiger partial charge on any atom is -0.486 e. The van der Waals surface area contributed by atoms with E-state index in [-0.39, 0.29) is 17.9 Å². The van der Waals surface area contributed by atoms with Crippen LogP contribution in [0.1, 0.15) is 33.0 Å². The maximum atomic E-state index is 12.3. The van der Waals surface area contributed by atoms with E-state index in [1.807, 2.05) is 26.0 Å². The predicted molar refractivity (Wildman–Crippen MR) is 105 cm³/mol. The molecule has 0 fully saturated rings. The number of para-hydroxylation sites is 1. The maximum Gasteiger partial charge on any atom is 0.280 e. The fourth-order valence-corrected chi connectivity index (χ4v) is 2.82. The third-order valence-corrected chi connectivity index (χ3v) is 4.02. The van der Waals surface area contributed by atoms with Crippen molar-refractivity contribution in [3.8, 4) is 5.75 Å². The molecular formula is C22H19NO5. The van der Waals surface area contributed by atoms with E-state index in [1.165, 1.54) is 30.4 Å². The number of carbonyl (C=O) groups is 1. The van der Waals surface area contributed by atoms with Gasteiger partial charge in [-0.2, -0.15) is 0 Å². The SMILES string of the molecule is Cc1cc(C)cc(OCc2ccc(/C=C/C(=O)c3ccccc3[N+](=O)[O-])o2)c1. The Labute approximate surface area is 162 Å². The second kappa shape index (κ2) is 8.35. The van der Waals surface area contributed by atoms with Gasteiger partial charge in [0.1, 0.15) is 23.9 Å². The third kappa shape index (κ3) is 4.73. The van der Waals surface area contributed by atoms with Crippen LogP contribution >= 0.6 is 0 Å². The van der Waals surface area contributed by atoms with Crippen LogP contribution in [0.5, 0.6) is 5.75 Å². The van der Waals surface area contributed by atoms with Crippen LogP contribution in [0.4, 0.5) is 5.69 Å². The molecule has 0 bridgehead atoms. The number of benzene rings is 2. The number of nitro groups is 1. The molecule has 142 valence electrons. The number of aryl methyl sites for hydroxylation is 2. The van der Waals surface area contributed by atoms with Gasteiger partial charge in [-0.25, -0.2) is 0 Å². The molecule has 0 aliphatic heterocycles. The Hall–Kier alpha value is -3.67. The summed E-state index contributed by atoms with van der Waals surface area (Å²) in [7, 11) is 0. The normalized spacial score (nSPS) is 10.9. The average molecular weight is 377 g/mol. The van der Waals surface area contributed by atoms with E-state index < -0.39 is 10.7 Å². The topological polar surface area (TPSA) is 82.6 Å². The monoisotopic (exact) mass is 377 g/mol. The summed E-state index contributed by atoms with van der Waals surface area (Å²) in [6.07, 6.45) is 2.75. The van der Waals surface area contributed by atoms with Gasteiger partial charge in [-0.15, -0.1) is 0 Å². The smallest absolute Gasteiger partial charge is 0.280 e. The largest absolute Gasteiger partial charge is 0.486 e. The highest BCUT2D eigenvalue weighted by Gasteiger charge is 2.17. The summed E-state index contributed by atoms with van der Waals surface area (Å²) < 4.78 is 11.4. The van der Waals surface area contributed by atoms with Crippen LogP contribution in [0.15, 0.2) is 65.1 Å². The number of carbonyl (C=O) groups excluding carboxylic acids is 1. The second-order valence-electron chi connectivity index (χ2n) is 6.39. The summed E-state index contributed by atoms with van der Waals surface area (Å²) in [4.78, 5) is 22.7. The molecule has 0 saturated heterocycles. The van der Waals surface area contributed by atoms with Crippen molar-refractivity contribution in [2.75, 3.05) is 0 Å². The molecule has 0 aliphatic carbocycles. The van der Waals surface area contributed by atoms with Crippen LogP contribution < -0.4 is 4.74 Å². The molecule has 0 atom stereocenters. The highest BCUT2D eigenvalue weighted by atomic mass is 16.6. The zero-order chi connectivity index (χ0) is 20.1. The average Bonchev–Trinajstić information content (AvgIpc) is 3.11. The number of nitrogens with zero attached hydrogens (tertiary/aromatic N) is 1. The van der Waals surface area contributed by atoms with Gasteiger partial charge in [-0.1, -0.05) is 18.2 Å². The molecule has 0 spiro atoms. The summed E-state index contributed by atoms with van der Waals surface area (Å²) in [5.41, 5.74) is 2.05. The Bertz CT molecular complexity index is 1030. The molecule has 0 saturated carbocycles. The molecule has 0 aliphatic rings. The molecule has 1 heterocycles. The van der Waals surface area contributed by atoms with Crippen molar-refractivity contribution >= 4 is 17.5 Å². The van der Waals surface area contributed by atoms with Crippen LogP contribution in [0.2, 0.25) is 0 Å². The van der Waals surface area contributed by atoms with Gasteiger partial charge < -0.3 is 9.15 Å². The molecule has 0 N–H and O–H groups in total. The Morgan fingerprint density at radius 2 is 1.82 bits per heavy atom. The van der Waals surface area contributed by atoms with Crippen molar-refractivity contribution in [1.29, 1.82) is 0 Å². The number of allylic oxidation sites excluding steroid dienone is 1. The van der Waals surface area contributed by atoms with Crippen LogP contribution in [0.3, 0.4) is 0 Å². The van der Waals surface area contributed by atoms with Crippen molar-refractivity contribution < 1.29 is 18.9 Å². The number of furan rings is 1. The van der Waals surface area contributed by atoms with E-state index in [0.717, 1.165) is 16.9 Å². The van der Waals surface area contributed by atoms with Crippen LogP contribution in [-0.4, -0.2) is 10.7 Å². The van der Waals surface area contributed by atoms with Crippen LogP contribution in [-0.2, 0) is 6.61 Å². The fourth-order valence-electron chi connectivity index (χ4n) is 2.82. The van der Waals surface area contributed by atoms with Crippen molar-refractivity contribution in [3.05, 3.63) is 99.0 Å². The first-order valence-corrected chi connectivity index (χ1v) is 8.68. The van der Waals surface area contributed by atoms with E-state index in [1.54, 1.807) is 18.2 Å². The van der Waals surface area contributed by atoms with E-state index in [0.29, 0.717) is 11.5 Å². The lowest BCUT2D eigenvalue weighted by Crippen LogP contribution is -2.00. The fraction of sp³-hybridized carbons (Fsp3) is 0.136. The summed E-state index contributed by atoms with van der Waals surface area (Å²) in [5, 5.41) is 11.0. The first kappa shape index (κ1) is 19.1. The second-order valence-corrected chi connectivity index (χ2v) is 6.39. The maximum absolute atomic E-state index is 12.3. The first-order chi connectivity index (χ1) is 13.4. The van der Waals surface area contributed by atoms with Crippen molar-refractivity contribution in [2.24, 2.45) is 0 Å². The highest BCUT2D eigenvalue weighted by molar-refractivity contribution is 6.09. The van der Waals surface area contributed by atoms with Crippen molar-refractivity contribution in [3.63, 3.8) is 0 Å².